The number of rotatable bonds is 7. The fourth-order valence-corrected chi connectivity index (χ4v) is 5.31. The Hall–Kier alpha value is -5.73. The van der Waals surface area contributed by atoms with Gasteiger partial charge < -0.3 is 15.8 Å². The summed E-state index contributed by atoms with van der Waals surface area (Å²) < 4.78 is 10.1. The molecule has 3 N–H and O–H groups in total. The largest absolute Gasteiger partial charge is 0.384 e. The number of nitrogen functional groups attached to an aromatic ring is 1. The van der Waals surface area contributed by atoms with Crippen molar-refractivity contribution in [1.82, 2.24) is 34.3 Å². The second kappa shape index (κ2) is 11.9. The Kier molecular flexibility index (Phi) is 7.66. The minimum absolute atomic E-state index is 0.0644. The van der Waals surface area contributed by atoms with E-state index in [4.69, 9.17) is 10.5 Å². The monoisotopic (exact) mass is 586 g/mol. The molecule has 0 bridgehead atoms. The maximum atomic E-state index is 14.3. The first-order chi connectivity index (χ1) is 21.4. The van der Waals surface area contributed by atoms with E-state index in [0.29, 0.717) is 46.4 Å². The molecule has 11 nitrogen and oxygen atoms in total. The number of pyridine rings is 1. The molecular weight excluding hydrogens is 556 g/mol. The van der Waals surface area contributed by atoms with Crippen LogP contribution in [0.25, 0.3) is 22.1 Å². The van der Waals surface area contributed by atoms with Crippen LogP contribution in [-0.4, -0.2) is 48.6 Å². The van der Waals surface area contributed by atoms with Crippen LogP contribution in [0.15, 0.2) is 84.0 Å². The fourth-order valence-electron chi connectivity index (χ4n) is 5.31. The molecule has 0 spiro atoms. The third-order valence-electron chi connectivity index (χ3n) is 7.47. The van der Waals surface area contributed by atoms with Gasteiger partial charge in [-0.15, -0.1) is 5.10 Å². The maximum Gasteiger partial charge on any atom is 0.264 e. The zero-order valence-corrected chi connectivity index (χ0v) is 24.5. The number of fused-ring (bicyclic) bond motifs is 2. The average Bonchev–Trinajstić information content (AvgIpc) is 3.56. The summed E-state index contributed by atoms with van der Waals surface area (Å²) in [5, 5.41) is 12.7. The summed E-state index contributed by atoms with van der Waals surface area (Å²) in [5.74, 6) is 6.05. The van der Waals surface area contributed by atoms with E-state index in [1.165, 1.54) is 4.52 Å². The Bertz CT molecular complexity index is 2130. The lowest BCUT2D eigenvalue weighted by molar-refractivity contribution is 0.0941. The second-order valence-corrected chi connectivity index (χ2v) is 10.3. The first-order valence-corrected chi connectivity index (χ1v) is 14.0. The Morgan fingerprint density at radius 2 is 1.89 bits per heavy atom. The highest BCUT2D eigenvalue weighted by molar-refractivity contribution is 6.04. The minimum atomic E-state index is -0.591. The molecule has 6 rings (SSSR count). The quantitative estimate of drug-likeness (QED) is 0.274. The summed E-state index contributed by atoms with van der Waals surface area (Å²) in [7, 11) is 3.53. The van der Waals surface area contributed by atoms with E-state index in [9.17, 15) is 9.59 Å². The van der Waals surface area contributed by atoms with Gasteiger partial charge in [0.15, 0.2) is 11.5 Å². The van der Waals surface area contributed by atoms with Crippen molar-refractivity contribution in [2.75, 3.05) is 19.5 Å². The number of aromatic nitrogens is 6. The molecule has 6 aromatic rings. The number of benzene rings is 2. The van der Waals surface area contributed by atoms with E-state index in [-0.39, 0.29) is 16.9 Å². The van der Waals surface area contributed by atoms with Crippen LogP contribution in [0.2, 0.25) is 0 Å². The number of hydrogen-bond acceptors (Lipinski definition) is 7. The van der Waals surface area contributed by atoms with E-state index < -0.39 is 11.9 Å². The van der Waals surface area contributed by atoms with Crippen LogP contribution in [0.1, 0.15) is 45.8 Å². The van der Waals surface area contributed by atoms with Crippen molar-refractivity contribution in [3.05, 3.63) is 118 Å². The van der Waals surface area contributed by atoms with Gasteiger partial charge >= 0.3 is 0 Å². The Labute approximate surface area is 252 Å². The molecule has 0 aliphatic rings. The van der Waals surface area contributed by atoms with Crippen LogP contribution in [-0.2, 0) is 18.2 Å². The summed E-state index contributed by atoms with van der Waals surface area (Å²) in [5.41, 5.74) is 9.92. The van der Waals surface area contributed by atoms with Crippen molar-refractivity contribution in [2.24, 2.45) is 7.05 Å². The molecule has 220 valence electrons. The van der Waals surface area contributed by atoms with Crippen LogP contribution in [0, 0.1) is 11.8 Å². The molecule has 0 aliphatic carbocycles. The highest BCUT2D eigenvalue weighted by atomic mass is 16.5. The van der Waals surface area contributed by atoms with Crippen LogP contribution >= 0.6 is 0 Å². The fraction of sp³-hybridized carbons (Fsp3) is 0.182. The van der Waals surface area contributed by atoms with Gasteiger partial charge in [-0.05, 0) is 42.6 Å². The molecule has 0 aliphatic heterocycles. The summed E-state index contributed by atoms with van der Waals surface area (Å²) in [6.45, 7) is 2.36. The number of ether oxygens (including phenoxy) is 1. The lowest BCUT2D eigenvalue weighted by Gasteiger charge is -2.21. The van der Waals surface area contributed by atoms with Crippen molar-refractivity contribution >= 4 is 28.1 Å². The molecular formula is C33H30N8O3. The smallest absolute Gasteiger partial charge is 0.264 e. The van der Waals surface area contributed by atoms with Gasteiger partial charge in [0.05, 0.1) is 35.5 Å². The Morgan fingerprint density at radius 3 is 2.68 bits per heavy atom. The number of methoxy groups -OCH3 is 1. The number of carbonyl (C=O) groups is 1. The predicted molar refractivity (Wildman–Crippen MR) is 168 cm³/mol. The summed E-state index contributed by atoms with van der Waals surface area (Å²) in [4.78, 5) is 32.1. The normalized spacial score (nSPS) is 11.8. The van der Waals surface area contributed by atoms with Crippen LogP contribution in [0.4, 0.5) is 5.82 Å². The number of aryl methyl sites for hydroxylation is 1. The van der Waals surface area contributed by atoms with Gasteiger partial charge in [0.1, 0.15) is 5.56 Å². The maximum absolute atomic E-state index is 14.3. The van der Waals surface area contributed by atoms with Crippen molar-refractivity contribution < 1.29 is 9.53 Å². The topological polar surface area (TPSA) is 134 Å². The van der Waals surface area contributed by atoms with E-state index in [1.54, 1.807) is 41.0 Å². The standard InChI is InChI=1S/C33H30N8O3/c1-21(37-32(42)29-30(34)38-40-17-8-16-35-31(29)40)27-19-23-10-7-9-22(13-14-24-20-36-39(2)26(24)15-18-44-3)28(23)33(43)41(27)25-11-5-4-6-12-25/h4-12,16-17,19-21H,15,18H2,1-3H3,(H2,34,38)(H,37,42)/t21-/m1/s1. The molecule has 4 aromatic heterocycles. The zero-order valence-electron chi connectivity index (χ0n) is 24.5. The van der Waals surface area contributed by atoms with Crippen molar-refractivity contribution in [2.45, 2.75) is 19.4 Å². The molecule has 1 amide bonds. The van der Waals surface area contributed by atoms with Gasteiger partial charge in [-0.3, -0.25) is 18.8 Å². The third-order valence-corrected chi connectivity index (χ3v) is 7.47. The van der Waals surface area contributed by atoms with Gasteiger partial charge in [-0.2, -0.15) is 5.10 Å². The van der Waals surface area contributed by atoms with Gasteiger partial charge in [-0.25, -0.2) is 9.50 Å². The number of amides is 1. The van der Waals surface area contributed by atoms with E-state index >= 15 is 0 Å². The molecule has 11 heteroatoms. The number of para-hydroxylation sites is 1. The molecule has 1 atom stereocenters. The summed E-state index contributed by atoms with van der Waals surface area (Å²) >= 11 is 0. The van der Waals surface area contributed by atoms with E-state index in [2.05, 4.69) is 32.3 Å². The molecule has 0 unspecified atom stereocenters. The number of anilines is 1. The molecule has 2 aromatic carbocycles. The Balaban J connectivity index is 1.45. The third kappa shape index (κ3) is 5.19. The Morgan fingerprint density at radius 1 is 1.09 bits per heavy atom. The summed E-state index contributed by atoms with van der Waals surface area (Å²) in [6.07, 6.45) is 5.63. The van der Waals surface area contributed by atoms with E-state index in [1.807, 2.05) is 68.6 Å². The number of nitrogens with one attached hydrogen (secondary N) is 1. The van der Waals surface area contributed by atoms with Gasteiger partial charge in [0.2, 0.25) is 0 Å². The predicted octanol–water partition coefficient (Wildman–Crippen LogP) is 3.43. The van der Waals surface area contributed by atoms with Gasteiger partial charge in [0, 0.05) is 49.9 Å². The molecule has 0 fully saturated rings. The van der Waals surface area contributed by atoms with Crippen LogP contribution in [0.5, 0.6) is 0 Å². The SMILES string of the molecule is COCCc1c(C#Cc2cccc3cc([C@@H](C)NC(=O)c4c(N)nn5cccnc45)n(-c4ccccc4)c(=O)c23)cnn1C. The first-order valence-electron chi connectivity index (χ1n) is 14.0. The van der Waals surface area contributed by atoms with E-state index in [0.717, 1.165) is 11.3 Å². The van der Waals surface area contributed by atoms with Crippen LogP contribution < -0.4 is 16.6 Å². The van der Waals surface area contributed by atoms with Crippen molar-refractivity contribution in [1.29, 1.82) is 0 Å². The number of nitrogens with zero attached hydrogens (tertiary/aromatic N) is 6. The number of hydrogen-bond donors (Lipinski definition) is 2. The average molecular weight is 587 g/mol. The zero-order chi connectivity index (χ0) is 30.8. The minimum Gasteiger partial charge on any atom is -0.384 e. The molecule has 0 radical (unpaired) electrons. The number of nitrogens with two attached hydrogens (primary N) is 1. The lowest BCUT2D eigenvalue weighted by atomic mass is 10.0. The lowest BCUT2D eigenvalue weighted by Crippen LogP contribution is -2.32. The summed E-state index contributed by atoms with van der Waals surface area (Å²) in [6, 6.07) is 17.9. The van der Waals surface area contributed by atoms with Crippen molar-refractivity contribution in [3.63, 3.8) is 0 Å². The van der Waals surface area contributed by atoms with Gasteiger partial charge in [-0.1, -0.05) is 42.2 Å². The molecule has 0 saturated heterocycles. The second-order valence-electron chi connectivity index (χ2n) is 10.3. The highest BCUT2D eigenvalue weighted by Crippen LogP contribution is 2.24. The van der Waals surface area contributed by atoms with Gasteiger partial charge in [0.25, 0.3) is 11.5 Å². The highest BCUT2D eigenvalue weighted by Gasteiger charge is 2.24. The van der Waals surface area contributed by atoms with Crippen LogP contribution in [0.3, 0.4) is 0 Å². The number of carbonyl (C=O) groups excluding carboxylic acids is 1. The first kappa shape index (κ1) is 28.4. The van der Waals surface area contributed by atoms with Crippen molar-refractivity contribution in [3.8, 4) is 17.5 Å². The molecule has 0 saturated carbocycles. The molecule has 4 heterocycles. The molecule has 44 heavy (non-hydrogen) atoms.